The summed E-state index contributed by atoms with van der Waals surface area (Å²) in [5.41, 5.74) is 5.12. The number of aromatic nitrogens is 1. The first kappa shape index (κ1) is 9.42. The number of thiazole rings is 1. The summed E-state index contributed by atoms with van der Waals surface area (Å²) in [6.07, 6.45) is 3.42. The third-order valence-electron chi connectivity index (χ3n) is 2.46. The van der Waals surface area contributed by atoms with Crippen molar-refractivity contribution in [3.63, 3.8) is 0 Å². The van der Waals surface area contributed by atoms with Crippen LogP contribution < -0.4 is 0 Å². The fraction of sp³-hybridized carbons (Fsp3) is 0.0833. The first-order valence-electron chi connectivity index (χ1n) is 4.97. The molecule has 3 nitrogen and oxygen atoms in total. The van der Waals surface area contributed by atoms with Crippen molar-refractivity contribution in [1.82, 2.24) is 4.98 Å². The maximum Gasteiger partial charge on any atom is 0.165 e. The van der Waals surface area contributed by atoms with E-state index in [0.717, 1.165) is 16.8 Å². The monoisotopic (exact) mass is 227 g/mol. The molecule has 4 heteroatoms. The second-order valence-electron chi connectivity index (χ2n) is 3.47. The summed E-state index contributed by atoms with van der Waals surface area (Å²) in [6.45, 7) is 0. The van der Waals surface area contributed by atoms with Gasteiger partial charge >= 0.3 is 0 Å². The minimum atomic E-state index is -0.0514. The normalized spacial score (nSPS) is 14.8. The van der Waals surface area contributed by atoms with E-state index in [1.165, 1.54) is 0 Å². The van der Waals surface area contributed by atoms with Gasteiger partial charge < -0.3 is 0 Å². The van der Waals surface area contributed by atoms with Crippen LogP contribution in [0.15, 0.2) is 45.1 Å². The SMILES string of the molecule is C1=NC(c2ccc(-c3cscn3)cc2)N=C1. The van der Waals surface area contributed by atoms with Gasteiger partial charge in [-0.1, -0.05) is 24.3 Å². The molecule has 0 radical (unpaired) electrons. The van der Waals surface area contributed by atoms with Gasteiger partial charge in [-0.25, -0.2) is 4.98 Å². The van der Waals surface area contributed by atoms with Crippen molar-refractivity contribution in [2.45, 2.75) is 6.17 Å². The van der Waals surface area contributed by atoms with Crippen molar-refractivity contribution in [3.05, 3.63) is 40.7 Å². The Kier molecular flexibility index (Phi) is 2.34. The Morgan fingerprint density at radius 1 is 1.00 bits per heavy atom. The minimum Gasteiger partial charge on any atom is -0.260 e. The maximum absolute atomic E-state index is 4.27. The molecule has 0 amide bonds. The topological polar surface area (TPSA) is 37.6 Å². The highest BCUT2D eigenvalue weighted by atomic mass is 32.1. The molecule has 1 aliphatic heterocycles. The third-order valence-corrected chi connectivity index (χ3v) is 3.04. The minimum absolute atomic E-state index is 0.0514. The summed E-state index contributed by atoms with van der Waals surface area (Å²) in [5.74, 6) is 0. The molecule has 0 spiro atoms. The highest BCUT2D eigenvalue weighted by Gasteiger charge is 2.09. The second-order valence-corrected chi connectivity index (χ2v) is 4.18. The molecule has 1 aromatic carbocycles. The fourth-order valence-corrected chi connectivity index (χ4v) is 2.19. The standard InChI is InChI=1S/C12H9N3S/c1-3-10(12-13-5-6-14-12)4-2-9(1)11-7-16-8-15-11/h1-8,12H. The molecule has 78 valence electrons. The van der Waals surface area contributed by atoms with Crippen LogP contribution in [0.25, 0.3) is 11.3 Å². The molecule has 0 unspecified atom stereocenters. The Morgan fingerprint density at radius 2 is 1.75 bits per heavy atom. The van der Waals surface area contributed by atoms with Gasteiger partial charge in [0.2, 0.25) is 0 Å². The molecule has 0 fully saturated rings. The van der Waals surface area contributed by atoms with Crippen molar-refractivity contribution >= 4 is 23.8 Å². The molecule has 0 saturated heterocycles. The van der Waals surface area contributed by atoms with Crippen LogP contribution in [0, 0.1) is 0 Å². The first-order valence-corrected chi connectivity index (χ1v) is 5.91. The number of nitrogens with zero attached hydrogens (tertiary/aromatic N) is 3. The van der Waals surface area contributed by atoms with Gasteiger partial charge in [0.1, 0.15) is 0 Å². The molecule has 0 bridgehead atoms. The van der Waals surface area contributed by atoms with E-state index in [1.807, 2.05) is 10.9 Å². The Hall–Kier alpha value is -1.81. The second kappa shape index (κ2) is 3.98. The third kappa shape index (κ3) is 1.67. The number of hydrogen-bond donors (Lipinski definition) is 0. The Balaban J connectivity index is 1.90. The van der Waals surface area contributed by atoms with Gasteiger partial charge in [0, 0.05) is 23.4 Å². The average Bonchev–Trinajstić information content (AvgIpc) is 3.03. The van der Waals surface area contributed by atoms with E-state index in [0.29, 0.717) is 0 Å². The fourth-order valence-electron chi connectivity index (χ4n) is 1.63. The lowest BCUT2D eigenvalue weighted by atomic mass is 10.1. The molecule has 0 aliphatic carbocycles. The van der Waals surface area contributed by atoms with E-state index in [-0.39, 0.29) is 6.17 Å². The first-order chi connectivity index (χ1) is 7.93. The van der Waals surface area contributed by atoms with Crippen LogP contribution in [0.1, 0.15) is 11.7 Å². The van der Waals surface area contributed by atoms with Gasteiger partial charge in [-0.2, -0.15) is 0 Å². The van der Waals surface area contributed by atoms with Crippen LogP contribution in [-0.2, 0) is 0 Å². The summed E-state index contributed by atoms with van der Waals surface area (Å²) in [7, 11) is 0. The zero-order chi connectivity index (χ0) is 10.8. The summed E-state index contributed by atoms with van der Waals surface area (Å²) >= 11 is 1.61. The van der Waals surface area contributed by atoms with Gasteiger partial charge in [-0.3, -0.25) is 9.98 Å². The van der Waals surface area contributed by atoms with Crippen molar-refractivity contribution in [2.75, 3.05) is 0 Å². The molecule has 1 aromatic heterocycles. The zero-order valence-corrected chi connectivity index (χ0v) is 9.26. The Bertz CT molecular complexity index is 514. The van der Waals surface area contributed by atoms with Crippen LogP contribution in [0.3, 0.4) is 0 Å². The predicted octanol–water partition coefficient (Wildman–Crippen LogP) is 2.96. The van der Waals surface area contributed by atoms with E-state index in [2.05, 4.69) is 39.2 Å². The smallest absolute Gasteiger partial charge is 0.165 e. The summed E-state index contributed by atoms with van der Waals surface area (Å²) in [4.78, 5) is 12.7. The van der Waals surface area contributed by atoms with Gasteiger partial charge in [0.05, 0.1) is 11.2 Å². The molecule has 2 aromatic rings. The molecule has 16 heavy (non-hydrogen) atoms. The Labute approximate surface area is 97.2 Å². The highest BCUT2D eigenvalue weighted by molar-refractivity contribution is 7.07. The van der Waals surface area contributed by atoms with Crippen LogP contribution in [0.5, 0.6) is 0 Å². The van der Waals surface area contributed by atoms with Crippen LogP contribution in [0.2, 0.25) is 0 Å². The lowest BCUT2D eigenvalue weighted by molar-refractivity contribution is 0.802. The van der Waals surface area contributed by atoms with E-state index >= 15 is 0 Å². The lowest BCUT2D eigenvalue weighted by Crippen LogP contribution is -1.88. The van der Waals surface area contributed by atoms with Gasteiger partial charge in [0.25, 0.3) is 0 Å². The van der Waals surface area contributed by atoms with E-state index in [9.17, 15) is 0 Å². The van der Waals surface area contributed by atoms with Gasteiger partial charge in [0.15, 0.2) is 6.17 Å². The molecule has 0 saturated carbocycles. The maximum atomic E-state index is 4.27. The molecule has 1 aliphatic rings. The van der Waals surface area contributed by atoms with Crippen LogP contribution in [-0.4, -0.2) is 17.4 Å². The number of aliphatic imine (C=N–C) groups is 2. The molecule has 0 atom stereocenters. The van der Waals surface area contributed by atoms with Crippen molar-refractivity contribution < 1.29 is 0 Å². The molecular weight excluding hydrogens is 218 g/mol. The van der Waals surface area contributed by atoms with Gasteiger partial charge in [-0.15, -0.1) is 11.3 Å². The lowest BCUT2D eigenvalue weighted by Gasteiger charge is -2.04. The quantitative estimate of drug-likeness (QED) is 0.777. The van der Waals surface area contributed by atoms with E-state index in [1.54, 1.807) is 23.8 Å². The van der Waals surface area contributed by atoms with E-state index < -0.39 is 0 Å². The van der Waals surface area contributed by atoms with Gasteiger partial charge in [-0.05, 0) is 5.56 Å². The van der Waals surface area contributed by atoms with Crippen molar-refractivity contribution in [1.29, 1.82) is 0 Å². The van der Waals surface area contributed by atoms with Crippen molar-refractivity contribution in [3.8, 4) is 11.3 Å². The zero-order valence-electron chi connectivity index (χ0n) is 8.45. The van der Waals surface area contributed by atoms with Crippen molar-refractivity contribution in [2.24, 2.45) is 9.98 Å². The number of benzene rings is 1. The molecular formula is C12H9N3S. The highest BCUT2D eigenvalue weighted by Crippen LogP contribution is 2.24. The summed E-state index contributed by atoms with van der Waals surface area (Å²) < 4.78 is 0. The largest absolute Gasteiger partial charge is 0.260 e. The molecule has 0 N–H and O–H groups in total. The summed E-state index contributed by atoms with van der Waals surface area (Å²) in [5, 5.41) is 2.04. The Morgan fingerprint density at radius 3 is 2.38 bits per heavy atom. The number of hydrogen-bond acceptors (Lipinski definition) is 4. The van der Waals surface area contributed by atoms with E-state index in [4.69, 9.17) is 0 Å². The van der Waals surface area contributed by atoms with Crippen LogP contribution >= 0.6 is 11.3 Å². The molecule has 3 rings (SSSR count). The predicted molar refractivity (Wildman–Crippen MR) is 67.3 cm³/mol. The number of rotatable bonds is 2. The van der Waals surface area contributed by atoms with Crippen LogP contribution in [0.4, 0.5) is 0 Å². The summed E-state index contributed by atoms with van der Waals surface area (Å²) in [6, 6.07) is 8.24. The average molecular weight is 227 g/mol. The molecule has 2 heterocycles.